The fourth-order valence-corrected chi connectivity index (χ4v) is 2.10. The lowest BCUT2D eigenvalue weighted by molar-refractivity contribution is 0.0992. The van der Waals surface area contributed by atoms with E-state index in [4.69, 9.17) is 0 Å². The van der Waals surface area contributed by atoms with Crippen molar-refractivity contribution in [3.63, 3.8) is 0 Å². The SMILES string of the molecule is Cc1ccc(C(=O)Cc2c(C)nn(C)c2C)cc1F. The van der Waals surface area contributed by atoms with Gasteiger partial charge in [0.1, 0.15) is 5.82 Å². The molecule has 19 heavy (non-hydrogen) atoms. The molecular formula is C15H17FN2O. The Balaban J connectivity index is 2.28. The van der Waals surface area contributed by atoms with E-state index in [0.29, 0.717) is 11.1 Å². The first-order valence-corrected chi connectivity index (χ1v) is 6.18. The Morgan fingerprint density at radius 1 is 1.32 bits per heavy atom. The van der Waals surface area contributed by atoms with E-state index in [0.717, 1.165) is 17.0 Å². The fraction of sp³-hybridized carbons (Fsp3) is 0.333. The van der Waals surface area contributed by atoms with Crippen LogP contribution in [-0.2, 0) is 13.5 Å². The lowest BCUT2D eigenvalue weighted by Crippen LogP contribution is -2.06. The Morgan fingerprint density at radius 2 is 2.00 bits per heavy atom. The van der Waals surface area contributed by atoms with Gasteiger partial charge in [-0.2, -0.15) is 5.10 Å². The minimum atomic E-state index is -0.342. The maximum absolute atomic E-state index is 13.5. The summed E-state index contributed by atoms with van der Waals surface area (Å²) in [5.74, 6) is -0.427. The highest BCUT2D eigenvalue weighted by atomic mass is 19.1. The number of aromatic nitrogens is 2. The minimum absolute atomic E-state index is 0.0851. The van der Waals surface area contributed by atoms with E-state index in [1.165, 1.54) is 6.07 Å². The predicted octanol–water partition coefficient (Wildman–Crippen LogP) is 2.91. The van der Waals surface area contributed by atoms with Crippen molar-refractivity contribution in [3.05, 3.63) is 52.1 Å². The molecule has 0 spiro atoms. The fourth-order valence-electron chi connectivity index (χ4n) is 2.10. The Morgan fingerprint density at radius 3 is 2.53 bits per heavy atom. The van der Waals surface area contributed by atoms with Crippen molar-refractivity contribution in [1.82, 2.24) is 9.78 Å². The molecule has 0 aliphatic rings. The summed E-state index contributed by atoms with van der Waals surface area (Å²) in [4.78, 5) is 12.2. The van der Waals surface area contributed by atoms with Crippen LogP contribution >= 0.6 is 0 Å². The van der Waals surface area contributed by atoms with Crippen molar-refractivity contribution in [2.45, 2.75) is 27.2 Å². The number of carbonyl (C=O) groups is 1. The molecule has 0 N–H and O–H groups in total. The molecule has 3 nitrogen and oxygen atoms in total. The molecule has 1 aromatic carbocycles. The number of nitrogens with zero attached hydrogens (tertiary/aromatic N) is 2. The summed E-state index contributed by atoms with van der Waals surface area (Å²) in [6, 6.07) is 4.60. The number of carbonyl (C=O) groups excluding carboxylic acids is 1. The zero-order chi connectivity index (χ0) is 14.2. The molecule has 0 amide bonds. The molecule has 0 saturated carbocycles. The second kappa shape index (κ2) is 4.96. The van der Waals surface area contributed by atoms with E-state index in [9.17, 15) is 9.18 Å². The maximum Gasteiger partial charge on any atom is 0.167 e. The molecule has 0 saturated heterocycles. The lowest BCUT2D eigenvalue weighted by atomic mass is 10.0. The van der Waals surface area contributed by atoms with Crippen LogP contribution < -0.4 is 0 Å². The number of rotatable bonds is 3. The molecule has 0 radical (unpaired) electrons. The normalized spacial score (nSPS) is 10.8. The van der Waals surface area contributed by atoms with Crippen molar-refractivity contribution in [2.24, 2.45) is 7.05 Å². The van der Waals surface area contributed by atoms with Gasteiger partial charge in [-0.05, 0) is 32.4 Å². The Kier molecular flexibility index (Phi) is 3.51. The molecule has 2 rings (SSSR count). The van der Waals surface area contributed by atoms with E-state index in [1.807, 2.05) is 20.9 Å². The number of Topliss-reactive ketones (excluding diaryl/α,β-unsaturated/α-hetero) is 1. The molecule has 100 valence electrons. The van der Waals surface area contributed by atoms with Gasteiger partial charge < -0.3 is 0 Å². The Hall–Kier alpha value is -1.97. The first kappa shape index (κ1) is 13.5. The number of benzene rings is 1. The quantitative estimate of drug-likeness (QED) is 0.795. The first-order valence-electron chi connectivity index (χ1n) is 6.18. The smallest absolute Gasteiger partial charge is 0.167 e. The van der Waals surface area contributed by atoms with Crippen LogP contribution in [0.1, 0.15) is 32.9 Å². The van der Waals surface area contributed by atoms with Gasteiger partial charge in [0.25, 0.3) is 0 Å². The zero-order valence-corrected chi connectivity index (χ0v) is 11.6. The standard InChI is InChI=1S/C15H17FN2O/c1-9-5-6-12(7-14(9)16)15(19)8-13-10(2)17-18(4)11(13)3/h5-7H,8H2,1-4H3. The largest absolute Gasteiger partial charge is 0.294 e. The highest BCUT2D eigenvalue weighted by Crippen LogP contribution is 2.16. The third-order valence-corrected chi connectivity index (χ3v) is 3.49. The van der Waals surface area contributed by atoms with Gasteiger partial charge in [-0.1, -0.05) is 12.1 Å². The third-order valence-electron chi connectivity index (χ3n) is 3.49. The van der Waals surface area contributed by atoms with E-state index in [1.54, 1.807) is 23.7 Å². The van der Waals surface area contributed by atoms with Crippen LogP contribution in [0.3, 0.4) is 0 Å². The highest BCUT2D eigenvalue weighted by Gasteiger charge is 2.15. The van der Waals surface area contributed by atoms with Crippen LogP contribution in [0.2, 0.25) is 0 Å². The second-order valence-electron chi connectivity index (χ2n) is 4.84. The second-order valence-corrected chi connectivity index (χ2v) is 4.84. The van der Waals surface area contributed by atoms with Gasteiger partial charge >= 0.3 is 0 Å². The van der Waals surface area contributed by atoms with Crippen LogP contribution in [0.4, 0.5) is 4.39 Å². The molecule has 0 aliphatic heterocycles. The zero-order valence-electron chi connectivity index (χ0n) is 11.6. The van der Waals surface area contributed by atoms with E-state index >= 15 is 0 Å². The number of halogens is 1. The van der Waals surface area contributed by atoms with Crippen LogP contribution in [0, 0.1) is 26.6 Å². The molecule has 1 aromatic heterocycles. The number of ketones is 1. The summed E-state index contributed by atoms with van der Waals surface area (Å²) < 4.78 is 15.2. The monoisotopic (exact) mass is 260 g/mol. The van der Waals surface area contributed by atoms with Crippen LogP contribution in [0.15, 0.2) is 18.2 Å². The van der Waals surface area contributed by atoms with E-state index in [-0.39, 0.29) is 18.0 Å². The summed E-state index contributed by atoms with van der Waals surface area (Å²) in [7, 11) is 1.85. The number of aryl methyl sites for hydroxylation is 3. The summed E-state index contributed by atoms with van der Waals surface area (Å²) in [5.41, 5.74) is 3.70. The molecule has 0 aliphatic carbocycles. The third kappa shape index (κ3) is 2.57. The maximum atomic E-state index is 13.5. The van der Waals surface area contributed by atoms with Gasteiger partial charge in [-0.25, -0.2) is 4.39 Å². The molecule has 0 unspecified atom stereocenters. The molecule has 4 heteroatoms. The van der Waals surface area contributed by atoms with Gasteiger partial charge in [-0.3, -0.25) is 9.48 Å². The molecular weight excluding hydrogens is 243 g/mol. The number of hydrogen-bond donors (Lipinski definition) is 0. The van der Waals surface area contributed by atoms with Crippen LogP contribution in [0.5, 0.6) is 0 Å². The lowest BCUT2D eigenvalue weighted by Gasteiger charge is -2.04. The first-order chi connectivity index (χ1) is 8.90. The van der Waals surface area contributed by atoms with Crippen LogP contribution in [-0.4, -0.2) is 15.6 Å². The predicted molar refractivity (Wildman–Crippen MR) is 71.9 cm³/mol. The average Bonchev–Trinajstić information content (AvgIpc) is 2.59. The van der Waals surface area contributed by atoms with Crippen LogP contribution in [0.25, 0.3) is 0 Å². The molecule has 0 fully saturated rings. The van der Waals surface area contributed by atoms with Crippen molar-refractivity contribution < 1.29 is 9.18 Å². The molecule has 0 atom stereocenters. The van der Waals surface area contributed by atoms with E-state index in [2.05, 4.69) is 5.10 Å². The Bertz CT molecular complexity index is 644. The van der Waals surface area contributed by atoms with Crippen molar-refractivity contribution in [3.8, 4) is 0 Å². The van der Waals surface area contributed by atoms with Gasteiger partial charge in [0.05, 0.1) is 5.69 Å². The summed E-state index contributed by atoms with van der Waals surface area (Å²) >= 11 is 0. The Labute approximate surface area is 112 Å². The molecule has 0 bridgehead atoms. The average molecular weight is 260 g/mol. The van der Waals surface area contributed by atoms with Gasteiger partial charge in [0.2, 0.25) is 0 Å². The highest BCUT2D eigenvalue weighted by molar-refractivity contribution is 5.97. The van der Waals surface area contributed by atoms with Crippen molar-refractivity contribution >= 4 is 5.78 Å². The minimum Gasteiger partial charge on any atom is -0.294 e. The topological polar surface area (TPSA) is 34.9 Å². The van der Waals surface area contributed by atoms with E-state index < -0.39 is 0 Å². The molecule has 1 heterocycles. The summed E-state index contributed by atoms with van der Waals surface area (Å²) in [6.07, 6.45) is 0.258. The van der Waals surface area contributed by atoms with Crippen molar-refractivity contribution in [2.75, 3.05) is 0 Å². The van der Waals surface area contributed by atoms with Gasteiger partial charge in [0, 0.05) is 30.3 Å². The van der Waals surface area contributed by atoms with Gasteiger partial charge in [0.15, 0.2) is 5.78 Å². The summed E-state index contributed by atoms with van der Waals surface area (Å²) in [6.45, 7) is 5.49. The summed E-state index contributed by atoms with van der Waals surface area (Å²) in [5, 5.41) is 4.28. The van der Waals surface area contributed by atoms with Gasteiger partial charge in [-0.15, -0.1) is 0 Å². The molecule has 2 aromatic rings. The van der Waals surface area contributed by atoms with Crippen molar-refractivity contribution in [1.29, 1.82) is 0 Å². The number of hydrogen-bond acceptors (Lipinski definition) is 2.